The molecule has 0 aliphatic rings. The van der Waals surface area contributed by atoms with Gasteiger partial charge in [0.1, 0.15) is 0 Å². The topological polar surface area (TPSA) is 59.8 Å². The van der Waals surface area contributed by atoms with Crippen LogP contribution < -0.4 is 5.32 Å². The quantitative estimate of drug-likeness (QED) is 0.527. The van der Waals surface area contributed by atoms with Crippen LogP contribution in [0.4, 0.5) is 5.95 Å². The van der Waals surface area contributed by atoms with E-state index in [4.69, 9.17) is 0 Å². The molecule has 2 aromatic heterocycles. The number of benzene rings is 2. The van der Waals surface area contributed by atoms with Crippen molar-refractivity contribution in [2.75, 3.05) is 5.32 Å². The molecule has 0 unspecified atom stereocenters. The molecule has 0 radical (unpaired) electrons. The van der Waals surface area contributed by atoms with Gasteiger partial charge in [0.2, 0.25) is 5.95 Å². The Hall–Kier alpha value is -3.25. The molecule has 0 aliphatic heterocycles. The number of carbonyl (C=O) groups is 1. The summed E-state index contributed by atoms with van der Waals surface area (Å²) in [5, 5.41) is 9.80. The first-order valence-corrected chi connectivity index (χ1v) is 9.90. The summed E-state index contributed by atoms with van der Waals surface area (Å²) in [5.74, 6) is 0.758. The predicted molar refractivity (Wildman–Crippen MR) is 113 cm³/mol. The SMILES string of the molecule is Cc1ccc(-c2nc(NCc3cccs3)n(C(=O)c3cccc(C)c3)n2)cc1. The summed E-state index contributed by atoms with van der Waals surface area (Å²) >= 11 is 1.65. The van der Waals surface area contributed by atoms with Crippen LogP contribution >= 0.6 is 11.3 Å². The number of nitrogens with one attached hydrogen (secondary N) is 1. The minimum atomic E-state index is -0.205. The first-order valence-electron chi connectivity index (χ1n) is 9.02. The van der Waals surface area contributed by atoms with Crippen LogP contribution in [0.15, 0.2) is 66.0 Å². The highest BCUT2D eigenvalue weighted by molar-refractivity contribution is 7.09. The minimum absolute atomic E-state index is 0.205. The van der Waals surface area contributed by atoms with Gasteiger partial charge >= 0.3 is 0 Å². The van der Waals surface area contributed by atoms with Gasteiger partial charge in [-0.05, 0) is 37.4 Å². The number of aryl methyl sites for hydroxylation is 2. The molecule has 0 atom stereocenters. The molecule has 140 valence electrons. The van der Waals surface area contributed by atoms with Crippen molar-refractivity contribution in [3.63, 3.8) is 0 Å². The van der Waals surface area contributed by atoms with Gasteiger partial charge in [-0.15, -0.1) is 16.4 Å². The lowest BCUT2D eigenvalue weighted by atomic mass is 10.1. The van der Waals surface area contributed by atoms with E-state index in [-0.39, 0.29) is 5.91 Å². The van der Waals surface area contributed by atoms with Gasteiger partial charge in [0.25, 0.3) is 5.91 Å². The summed E-state index contributed by atoms with van der Waals surface area (Å²) in [7, 11) is 0. The molecule has 0 fully saturated rings. The molecule has 4 aromatic rings. The summed E-state index contributed by atoms with van der Waals surface area (Å²) in [5.41, 5.74) is 3.65. The second kappa shape index (κ2) is 7.78. The van der Waals surface area contributed by atoms with Crippen LogP contribution in [-0.2, 0) is 6.54 Å². The number of carbonyl (C=O) groups excluding carboxylic acids is 1. The summed E-state index contributed by atoms with van der Waals surface area (Å²) in [4.78, 5) is 18.9. The average molecular weight is 388 g/mol. The predicted octanol–water partition coefficient (Wildman–Crippen LogP) is 4.92. The number of nitrogens with zero attached hydrogens (tertiary/aromatic N) is 3. The van der Waals surface area contributed by atoms with Crippen LogP contribution in [-0.4, -0.2) is 20.7 Å². The molecule has 0 saturated heterocycles. The Morgan fingerprint density at radius 2 is 1.86 bits per heavy atom. The van der Waals surface area contributed by atoms with Gasteiger partial charge in [-0.25, -0.2) is 0 Å². The molecule has 2 aromatic carbocycles. The van der Waals surface area contributed by atoms with E-state index in [1.165, 1.54) is 4.68 Å². The Morgan fingerprint density at radius 1 is 1.04 bits per heavy atom. The molecule has 28 heavy (non-hydrogen) atoms. The highest BCUT2D eigenvalue weighted by Crippen LogP contribution is 2.21. The van der Waals surface area contributed by atoms with E-state index in [0.717, 1.165) is 21.6 Å². The number of aromatic nitrogens is 3. The number of anilines is 1. The zero-order valence-corrected chi connectivity index (χ0v) is 16.5. The van der Waals surface area contributed by atoms with Crippen molar-refractivity contribution in [3.05, 3.63) is 87.6 Å². The van der Waals surface area contributed by atoms with Gasteiger partial charge in [-0.2, -0.15) is 9.67 Å². The molecule has 0 bridgehead atoms. The van der Waals surface area contributed by atoms with Crippen molar-refractivity contribution in [1.29, 1.82) is 0 Å². The molecular formula is C22H20N4OS. The van der Waals surface area contributed by atoms with Crippen molar-refractivity contribution in [1.82, 2.24) is 14.8 Å². The van der Waals surface area contributed by atoms with Crippen LogP contribution in [0, 0.1) is 13.8 Å². The summed E-state index contributed by atoms with van der Waals surface area (Å²) in [6, 6.07) is 19.5. The third-order valence-electron chi connectivity index (χ3n) is 4.38. The smallest absolute Gasteiger partial charge is 0.281 e. The van der Waals surface area contributed by atoms with E-state index >= 15 is 0 Å². The van der Waals surface area contributed by atoms with Gasteiger partial charge in [-0.1, -0.05) is 53.6 Å². The van der Waals surface area contributed by atoms with Crippen LogP contribution in [0.2, 0.25) is 0 Å². The number of rotatable bonds is 5. The summed E-state index contributed by atoms with van der Waals surface area (Å²) < 4.78 is 1.36. The van der Waals surface area contributed by atoms with E-state index in [0.29, 0.717) is 23.9 Å². The average Bonchev–Trinajstić information content (AvgIpc) is 3.36. The van der Waals surface area contributed by atoms with Crippen molar-refractivity contribution in [3.8, 4) is 11.4 Å². The highest BCUT2D eigenvalue weighted by Gasteiger charge is 2.19. The van der Waals surface area contributed by atoms with Gasteiger partial charge < -0.3 is 5.32 Å². The van der Waals surface area contributed by atoms with Crippen molar-refractivity contribution in [2.45, 2.75) is 20.4 Å². The fourth-order valence-electron chi connectivity index (χ4n) is 2.87. The van der Waals surface area contributed by atoms with Crippen molar-refractivity contribution < 1.29 is 4.79 Å². The Kier molecular flexibility index (Phi) is 5.04. The van der Waals surface area contributed by atoms with Gasteiger partial charge in [0.15, 0.2) is 5.82 Å². The van der Waals surface area contributed by atoms with Crippen LogP contribution in [0.3, 0.4) is 0 Å². The Bertz CT molecular complexity index is 1100. The van der Waals surface area contributed by atoms with Gasteiger partial charge in [0.05, 0.1) is 6.54 Å². The lowest BCUT2D eigenvalue weighted by Gasteiger charge is -2.06. The first-order chi connectivity index (χ1) is 13.6. The molecule has 0 spiro atoms. The van der Waals surface area contributed by atoms with E-state index < -0.39 is 0 Å². The summed E-state index contributed by atoms with van der Waals surface area (Å²) in [6.07, 6.45) is 0. The van der Waals surface area contributed by atoms with E-state index in [1.807, 2.05) is 73.8 Å². The molecule has 0 amide bonds. The Labute approximate surface area is 167 Å². The Balaban J connectivity index is 1.71. The van der Waals surface area contributed by atoms with E-state index in [9.17, 15) is 4.79 Å². The Morgan fingerprint density at radius 3 is 2.57 bits per heavy atom. The largest absolute Gasteiger partial charge is 0.349 e. The van der Waals surface area contributed by atoms with Gasteiger partial charge in [0, 0.05) is 16.0 Å². The number of hydrogen-bond donors (Lipinski definition) is 1. The maximum Gasteiger partial charge on any atom is 0.281 e. The third-order valence-corrected chi connectivity index (χ3v) is 5.25. The van der Waals surface area contributed by atoms with E-state index in [1.54, 1.807) is 17.4 Å². The molecule has 1 N–H and O–H groups in total. The standard InChI is InChI=1S/C22H20N4OS/c1-15-8-10-17(11-9-15)20-24-22(23-14-19-7-4-12-28-19)26(25-20)21(27)18-6-3-5-16(2)13-18/h3-13H,14H2,1-2H3,(H,23,24,25). The maximum atomic E-state index is 13.1. The third kappa shape index (κ3) is 3.87. The molecule has 0 saturated carbocycles. The monoisotopic (exact) mass is 388 g/mol. The fraction of sp³-hybridized carbons (Fsp3) is 0.136. The van der Waals surface area contributed by atoms with Crippen molar-refractivity contribution in [2.24, 2.45) is 0 Å². The molecular weight excluding hydrogens is 368 g/mol. The zero-order chi connectivity index (χ0) is 19.5. The normalized spacial score (nSPS) is 10.8. The van der Waals surface area contributed by atoms with Gasteiger partial charge in [-0.3, -0.25) is 4.79 Å². The lowest BCUT2D eigenvalue weighted by Crippen LogP contribution is -2.17. The van der Waals surface area contributed by atoms with E-state index in [2.05, 4.69) is 15.4 Å². The number of thiophene rings is 1. The number of hydrogen-bond acceptors (Lipinski definition) is 5. The molecule has 6 heteroatoms. The second-order valence-corrected chi connectivity index (χ2v) is 7.68. The van der Waals surface area contributed by atoms with Crippen LogP contribution in [0.1, 0.15) is 26.4 Å². The molecule has 2 heterocycles. The first kappa shape index (κ1) is 18.1. The van der Waals surface area contributed by atoms with Crippen molar-refractivity contribution >= 4 is 23.2 Å². The maximum absolute atomic E-state index is 13.1. The molecule has 4 rings (SSSR count). The van der Waals surface area contributed by atoms with Crippen LogP contribution in [0.25, 0.3) is 11.4 Å². The zero-order valence-electron chi connectivity index (χ0n) is 15.7. The molecule has 0 aliphatic carbocycles. The summed E-state index contributed by atoms with van der Waals surface area (Å²) in [6.45, 7) is 4.59. The fourth-order valence-corrected chi connectivity index (χ4v) is 3.52. The van der Waals surface area contributed by atoms with Crippen LogP contribution in [0.5, 0.6) is 0 Å². The lowest BCUT2D eigenvalue weighted by molar-refractivity contribution is 0.0947. The molecule has 5 nitrogen and oxygen atoms in total. The highest BCUT2D eigenvalue weighted by atomic mass is 32.1. The second-order valence-electron chi connectivity index (χ2n) is 6.64. The minimum Gasteiger partial charge on any atom is -0.349 e.